The molecule has 1 N–H and O–H groups in total. The maximum atomic E-state index is 14.0. The zero-order valence-electron chi connectivity index (χ0n) is 21.4. The highest BCUT2D eigenvalue weighted by Gasteiger charge is 2.31. The fraction of sp³-hybridized carbons (Fsp3) is 0.321. The maximum Gasteiger partial charge on any atom is 0.333 e. The number of aryl methyl sites for hydroxylation is 1. The van der Waals surface area contributed by atoms with Gasteiger partial charge in [-0.1, -0.05) is 29.8 Å². The van der Waals surface area contributed by atoms with Gasteiger partial charge in [0.15, 0.2) is 6.04 Å². The van der Waals surface area contributed by atoms with E-state index in [4.69, 9.17) is 16.3 Å². The zero-order valence-corrected chi connectivity index (χ0v) is 22.2. The summed E-state index contributed by atoms with van der Waals surface area (Å²) in [4.78, 5) is 48.9. The topological polar surface area (TPSA) is 101 Å². The minimum absolute atomic E-state index is 0.176. The first-order valence-corrected chi connectivity index (χ1v) is 12.7. The number of piperidine rings is 1. The Hall–Kier alpha value is -3.92. The fourth-order valence-electron chi connectivity index (χ4n) is 4.63. The third kappa shape index (κ3) is 6.57. The number of benzene rings is 2. The van der Waals surface area contributed by atoms with Gasteiger partial charge < -0.3 is 15.0 Å². The predicted molar refractivity (Wildman–Crippen MR) is 139 cm³/mol. The van der Waals surface area contributed by atoms with Crippen LogP contribution in [0.5, 0.6) is 0 Å². The van der Waals surface area contributed by atoms with Crippen LogP contribution in [0, 0.1) is 18.6 Å². The van der Waals surface area contributed by atoms with Crippen LogP contribution in [-0.4, -0.2) is 52.9 Å². The molecule has 1 unspecified atom stereocenters. The number of amides is 2. The molecule has 2 heterocycles. The van der Waals surface area contributed by atoms with Crippen molar-refractivity contribution in [1.29, 1.82) is 0 Å². The molecule has 1 aromatic heterocycles. The first-order chi connectivity index (χ1) is 18.7. The molecule has 4 rings (SSSR count). The van der Waals surface area contributed by atoms with E-state index in [1.165, 1.54) is 19.4 Å². The van der Waals surface area contributed by atoms with Gasteiger partial charge in [-0.25, -0.2) is 23.5 Å². The Morgan fingerprint density at radius 3 is 2.44 bits per heavy atom. The molecule has 8 nitrogen and oxygen atoms in total. The van der Waals surface area contributed by atoms with Crippen LogP contribution in [0.4, 0.5) is 8.78 Å². The Bertz CT molecular complexity index is 1380. The van der Waals surface area contributed by atoms with E-state index in [0.29, 0.717) is 48.0 Å². The quantitative estimate of drug-likeness (QED) is 0.435. The minimum atomic E-state index is -1.10. The van der Waals surface area contributed by atoms with Gasteiger partial charge >= 0.3 is 5.97 Å². The number of nitrogens with zero attached hydrogens (tertiary/aromatic N) is 3. The second kappa shape index (κ2) is 12.3. The lowest BCUT2D eigenvalue weighted by molar-refractivity contribution is -0.143. The number of methoxy groups -OCH3 is 1. The van der Waals surface area contributed by atoms with Gasteiger partial charge in [0.05, 0.1) is 24.8 Å². The molecule has 204 valence electrons. The monoisotopic (exact) mass is 556 g/mol. The van der Waals surface area contributed by atoms with E-state index in [0.717, 1.165) is 12.1 Å². The second-order valence-electron chi connectivity index (χ2n) is 9.23. The average Bonchev–Trinajstić information content (AvgIpc) is 2.93. The van der Waals surface area contributed by atoms with Gasteiger partial charge in [-0.15, -0.1) is 0 Å². The summed E-state index contributed by atoms with van der Waals surface area (Å²) in [6.45, 7) is 2.37. The van der Waals surface area contributed by atoms with Gasteiger partial charge in [-0.3, -0.25) is 9.59 Å². The molecule has 0 bridgehead atoms. The minimum Gasteiger partial charge on any atom is -0.467 e. The van der Waals surface area contributed by atoms with Crippen molar-refractivity contribution >= 4 is 29.4 Å². The van der Waals surface area contributed by atoms with E-state index in [1.54, 1.807) is 36.1 Å². The van der Waals surface area contributed by atoms with Crippen molar-refractivity contribution in [3.63, 3.8) is 0 Å². The summed E-state index contributed by atoms with van der Waals surface area (Å²) in [5, 5.41) is 3.10. The van der Waals surface area contributed by atoms with Crippen LogP contribution < -0.4 is 5.32 Å². The standard InChI is InChI=1S/C28H27ClF2N4O4/c1-16-32-15-21(27(37)34-26(28(38)39-2)18-5-3-6-19(29)13-18)25(33-16)17-9-11-35(12-10-17)24(36)14-20-22(30)7-4-8-23(20)31/h3-8,13,15,17,26H,9-12,14H2,1-2H3,(H,34,37). The Morgan fingerprint density at radius 1 is 1.13 bits per heavy atom. The summed E-state index contributed by atoms with van der Waals surface area (Å²) in [7, 11) is 1.22. The van der Waals surface area contributed by atoms with Crippen LogP contribution in [0.3, 0.4) is 0 Å². The number of halogens is 3. The molecular formula is C28H27ClF2N4O4. The lowest BCUT2D eigenvalue weighted by atomic mass is 9.90. The smallest absolute Gasteiger partial charge is 0.333 e. The van der Waals surface area contributed by atoms with Crippen LogP contribution >= 0.6 is 11.6 Å². The maximum absolute atomic E-state index is 14.0. The lowest BCUT2D eigenvalue weighted by Crippen LogP contribution is -2.40. The van der Waals surface area contributed by atoms with Crippen molar-refractivity contribution in [3.05, 3.63) is 93.5 Å². The normalized spacial score (nSPS) is 14.5. The Balaban J connectivity index is 1.49. The van der Waals surface area contributed by atoms with Crippen LogP contribution in [0.1, 0.15) is 57.8 Å². The molecule has 3 aromatic rings. The second-order valence-corrected chi connectivity index (χ2v) is 9.67. The molecule has 11 heteroatoms. The highest BCUT2D eigenvalue weighted by atomic mass is 35.5. The Labute approximate surface area is 229 Å². The number of esters is 1. The van der Waals surface area contributed by atoms with Gasteiger partial charge in [0.2, 0.25) is 5.91 Å². The van der Waals surface area contributed by atoms with E-state index in [9.17, 15) is 23.2 Å². The van der Waals surface area contributed by atoms with E-state index < -0.39 is 29.6 Å². The van der Waals surface area contributed by atoms with Gasteiger partial charge in [-0.2, -0.15) is 0 Å². The average molecular weight is 557 g/mol. The van der Waals surface area contributed by atoms with Crippen molar-refractivity contribution in [1.82, 2.24) is 20.2 Å². The summed E-state index contributed by atoms with van der Waals surface area (Å²) >= 11 is 6.08. The number of rotatable bonds is 7. The van der Waals surface area contributed by atoms with Gasteiger partial charge in [-0.05, 0) is 49.6 Å². The molecule has 1 fully saturated rings. The third-order valence-electron chi connectivity index (χ3n) is 6.70. The van der Waals surface area contributed by atoms with E-state index >= 15 is 0 Å². The molecule has 1 aliphatic rings. The van der Waals surface area contributed by atoms with Crippen LogP contribution in [0.15, 0.2) is 48.7 Å². The first-order valence-electron chi connectivity index (χ1n) is 12.4. The summed E-state index contributed by atoms with van der Waals surface area (Å²) in [6.07, 6.45) is 2.01. The number of likely N-dealkylation sites (tertiary alicyclic amines) is 1. The number of hydrogen-bond donors (Lipinski definition) is 1. The van der Waals surface area contributed by atoms with Crippen molar-refractivity contribution in [2.75, 3.05) is 20.2 Å². The molecule has 0 aliphatic carbocycles. The van der Waals surface area contributed by atoms with Gasteiger partial charge in [0.1, 0.15) is 17.5 Å². The first kappa shape index (κ1) is 28.1. The molecule has 2 aromatic carbocycles. The van der Waals surface area contributed by atoms with Crippen molar-refractivity contribution in [2.45, 2.75) is 38.1 Å². The van der Waals surface area contributed by atoms with E-state index in [-0.39, 0.29) is 29.4 Å². The molecule has 1 atom stereocenters. The van der Waals surface area contributed by atoms with Crippen LogP contribution in [-0.2, 0) is 20.7 Å². The van der Waals surface area contributed by atoms with Gasteiger partial charge in [0, 0.05) is 35.8 Å². The summed E-state index contributed by atoms with van der Waals surface area (Å²) in [5.41, 5.74) is 0.905. The molecular weight excluding hydrogens is 530 g/mol. The van der Waals surface area contributed by atoms with E-state index in [2.05, 4.69) is 15.3 Å². The molecule has 0 saturated carbocycles. The fourth-order valence-corrected chi connectivity index (χ4v) is 4.83. The number of ether oxygens (including phenoxy) is 1. The van der Waals surface area contributed by atoms with Crippen molar-refractivity contribution in [3.8, 4) is 0 Å². The largest absolute Gasteiger partial charge is 0.467 e. The van der Waals surface area contributed by atoms with Crippen LogP contribution in [0.2, 0.25) is 5.02 Å². The van der Waals surface area contributed by atoms with E-state index in [1.807, 2.05) is 0 Å². The Kier molecular flexibility index (Phi) is 8.86. The number of carbonyl (C=O) groups is 3. The number of nitrogens with one attached hydrogen (secondary N) is 1. The highest BCUT2D eigenvalue weighted by molar-refractivity contribution is 6.30. The molecule has 39 heavy (non-hydrogen) atoms. The molecule has 0 radical (unpaired) electrons. The highest BCUT2D eigenvalue weighted by Crippen LogP contribution is 2.30. The molecule has 1 aliphatic heterocycles. The summed E-state index contributed by atoms with van der Waals surface area (Å²) in [6, 6.07) is 8.93. The van der Waals surface area contributed by atoms with Crippen molar-refractivity contribution < 1.29 is 27.9 Å². The third-order valence-corrected chi connectivity index (χ3v) is 6.94. The predicted octanol–water partition coefficient (Wildman–Crippen LogP) is 4.31. The summed E-state index contributed by atoms with van der Waals surface area (Å²) in [5.74, 6) is -2.83. The molecule has 1 saturated heterocycles. The molecule has 0 spiro atoms. The number of carbonyl (C=O) groups excluding carboxylic acids is 3. The number of hydrogen-bond acceptors (Lipinski definition) is 6. The van der Waals surface area contributed by atoms with Crippen LogP contribution in [0.25, 0.3) is 0 Å². The van der Waals surface area contributed by atoms with Gasteiger partial charge in [0.25, 0.3) is 5.91 Å². The number of aromatic nitrogens is 2. The summed E-state index contributed by atoms with van der Waals surface area (Å²) < 4.78 is 32.9. The Morgan fingerprint density at radius 2 is 1.79 bits per heavy atom. The molecule has 2 amide bonds. The zero-order chi connectivity index (χ0) is 28.1. The lowest BCUT2D eigenvalue weighted by Gasteiger charge is -2.32. The SMILES string of the molecule is COC(=O)C(NC(=O)c1cnc(C)nc1C1CCN(C(=O)Cc2c(F)cccc2F)CC1)c1cccc(Cl)c1. The van der Waals surface area contributed by atoms with Crippen molar-refractivity contribution in [2.24, 2.45) is 0 Å².